The maximum absolute atomic E-state index is 13.3. The molecule has 3 rings (SSSR count). The van der Waals surface area contributed by atoms with E-state index in [4.69, 9.17) is 4.74 Å². The zero-order chi connectivity index (χ0) is 18.7. The highest BCUT2D eigenvalue weighted by atomic mass is 19.3. The number of hydrogen-bond donors (Lipinski definition) is 1. The Morgan fingerprint density at radius 2 is 2.19 bits per heavy atom. The van der Waals surface area contributed by atoms with Gasteiger partial charge in [-0.3, -0.25) is 14.4 Å². The van der Waals surface area contributed by atoms with Crippen LogP contribution >= 0.6 is 0 Å². The summed E-state index contributed by atoms with van der Waals surface area (Å²) in [4.78, 5) is 13.4. The summed E-state index contributed by atoms with van der Waals surface area (Å²) in [5.41, 5.74) is 1.96. The van der Waals surface area contributed by atoms with Crippen molar-refractivity contribution in [2.24, 2.45) is 7.05 Å². The van der Waals surface area contributed by atoms with Crippen LogP contribution in [0.25, 0.3) is 11.1 Å². The Balaban J connectivity index is 1.47. The van der Waals surface area contributed by atoms with Gasteiger partial charge in [0, 0.05) is 25.2 Å². The largest absolute Gasteiger partial charge is 0.492 e. The number of carbonyl (C=O) groups excluding carboxylic acids is 1. The fourth-order valence-electron chi connectivity index (χ4n) is 3.07. The number of aryl methyl sites for hydroxylation is 1. The Morgan fingerprint density at radius 1 is 1.38 bits per heavy atom. The molecule has 1 atom stereocenters. The molecule has 8 heteroatoms. The molecule has 2 aromatic rings. The first-order valence-corrected chi connectivity index (χ1v) is 8.42. The first-order valence-electron chi connectivity index (χ1n) is 8.42. The number of rotatable bonds is 6. The maximum Gasteiger partial charge on any atom is 0.262 e. The van der Waals surface area contributed by atoms with E-state index < -0.39 is 24.3 Å². The molecule has 1 N–H and O–H groups in total. The van der Waals surface area contributed by atoms with E-state index >= 15 is 0 Å². The second-order valence-corrected chi connectivity index (χ2v) is 6.56. The monoisotopic (exact) mass is 364 g/mol. The van der Waals surface area contributed by atoms with Crippen molar-refractivity contribution in [3.8, 4) is 16.9 Å². The Labute approximate surface area is 150 Å². The summed E-state index contributed by atoms with van der Waals surface area (Å²) in [7, 11) is 3.38. The van der Waals surface area contributed by atoms with Gasteiger partial charge in [0.1, 0.15) is 12.4 Å². The number of nitrogens with one attached hydrogen (secondary N) is 1. The molecule has 1 aliphatic heterocycles. The SMILES string of the molecule is CN1CC(F)(F)CC1C(=O)NCCOc1cccc(-c2cnn(C)c2)c1. The van der Waals surface area contributed by atoms with Gasteiger partial charge < -0.3 is 10.1 Å². The van der Waals surface area contributed by atoms with Gasteiger partial charge in [-0.2, -0.15) is 5.10 Å². The van der Waals surface area contributed by atoms with Crippen LogP contribution in [0.1, 0.15) is 6.42 Å². The van der Waals surface area contributed by atoms with E-state index in [-0.39, 0.29) is 19.7 Å². The molecule has 0 bridgehead atoms. The zero-order valence-electron chi connectivity index (χ0n) is 14.8. The molecule has 26 heavy (non-hydrogen) atoms. The maximum atomic E-state index is 13.3. The van der Waals surface area contributed by atoms with Gasteiger partial charge in [0.2, 0.25) is 5.91 Å². The van der Waals surface area contributed by atoms with E-state index in [1.807, 2.05) is 37.5 Å². The number of aromatic nitrogens is 2. The predicted octanol–water partition coefficient (Wildman–Crippen LogP) is 1.92. The third-order valence-electron chi connectivity index (χ3n) is 4.35. The Morgan fingerprint density at radius 3 is 2.85 bits per heavy atom. The van der Waals surface area contributed by atoms with Crippen LogP contribution in [0.3, 0.4) is 0 Å². The topological polar surface area (TPSA) is 59.4 Å². The van der Waals surface area contributed by atoms with Crippen molar-refractivity contribution in [1.82, 2.24) is 20.0 Å². The lowest BCUT2D eigenvalue weighted by Gasteiger charge is -2.17. The summed E-state index contributed by atoms with van der Waals surface area (Å²) in [5, 5.41) is 6.80. The van der Waals surface area contributed by atoms with E-state index in [1.54, 1.807) is 10.9 Å². The van der Waals surface area contributed by atoms with Crippen molar-refractivity contribution in [2.75, 3.05) is 26.7 Å². The molecular formula is C18H22F2N4O2. The van der Waals surface area contributed by atoms with Gasteiger partial charge in [-0.05, 0) is 24.7 Å². The molecule has 1 aromatic heterocycles. The van der Waals surface area contributed by atoms with E-state index in [9.17, 15) is 13.6 Å². The number of benzene rings is 1. The van der Waals surface area contributed by atoms with Gasteiger partial charge in [0.15, 0.2) is 0 Å². The Bertz CT molecular complexity index is 778. The fourth-order valence-corrected chi connectivity index (χ4v) is 3.07. The number of halogens is 2. The first kappa shape index (κ1) is 18.3. The second kappa shape index (κ2) is 7.41. The van der Waals surface area contributed by atoms with E-state index in [1.165, 1.54) is 11.9 Å². The lowest BCUT2D eigenvalue weighted by molar-refractivity contribution is -0.125. The van der Waals surface area contributed by atoms with Crippen LogP contribution in [0.4, 0.5) is 8.78 Å². The van der Waals surface area contributed by atoms with E-state index in [0.717, 1.165) is 11.1 Å². The van der Waals surface area contributed by atoms with Gasteiger partial charge >= 0.3 is 0 Å². The minimum atomic E-state index is -2.81. The molecule has 0 aliphatic carbocycles. The number of likely N-dealkylation sites (tertiary alicyclic amines) is 1. The first-order chi connectivity index (χ1) is 12.3. The van der Waals surface area contributed by atoms with Crippen LogP contribution in [0, 0.1) is 0 Å². The number of nitrogens with zero attached hydrogens (tertiary/aromatic N) is 3. The second-order valence-electron chi connectivity index (χ2n) is 6.56. The minimum Gasteiger partial charge on any atom is -0.492 e. The molecule has 140 valence electrons. The molecule has 6 nitrogen and oxygen atoms in total. The van der Waals surface area contributed by atoms with Crippen LogP contribution in [0.2, 0.25) is 0 Å². The van der Waals surface area contributed by atoms with Crippen LogP contribution in [-0.2, 0) is 11.8 Å². The normalized spacial score (nSPS) is 19.5. The number of amides is 1. The molecule has 0 spiro atoms. The fraction of sp³-hybridized carbons (Fsp3) is 0.444. The number of carbonyl (C=O) groups is 1. The van der Waals surface area contributed by atoms with Crippen molar-refractivity contribution in [1.29, 1.82) is 0 Å². The standard InChI is InChI=1S/C18H22F2N4O2/c1-23-12-18(19,20)9-16(23)17(25)21-6-7-26-15-5-3-4-13(8-15)14-10-22-24(2)11-14/h3-5,8,10-11,16H,6-7,9,12H2,1-2H3,(H,21,25). The van der Waals surface area contributed by atoms with Gasteiger partial charge in [0.25, 0.3) is 5.92 Å². The summed E-state index contributed by atoms with van der Waals surface area (Å²) in [6.07, 6.45) is 3.24. The molecule has 0 saturated carbocycles. The van der Waals surface area contributed by atoms with Gasteiger partial charge in [-0.15, -0.1) is 0 Å². The lowest BCUT2D eigenvalue weighted by Crippen LogP contribution is -2.42. The molecule has 0 radical (unpaired) electrons. The number of ether oxygens (including phenoxy) is 1. The van der Waals surface area contributed by atoms with Crippen LogP contribution in [-0.4, -0.2) is 59.3 Å². The van der Waals surface area contributed by atoms with Crippen molar-refractivity contribution >= 4 is 5.91 Å². The predicted molar refractivity (Wildman–Crippen MR) is 93.1 cm³/mol. The number of likely N-dealkylation sites (N-methyl/N-ethyl adjacent to an activating group) is 1. The van der Waals surface area contributed by atoms with Crippen molar-refractivity contribution in [3.05, 3.63) is 36.7 Å². The Hall–Kier alpha value is -2.48. The third-order valence-corrected chi connectivity index (χ3v) is 4.35. The summed E-state index contributed by atoms with van der Waals surface area (Å²) < 4.78 is 34.1. The van der Waals surface area contributed by atoms with Crippen LogP contribution in [0.5, 0.6) is 5.75 Å². The van der Waals surface area contributed by atoms with E-state index in [2.05, 4.69) is 10.4 Å². The molecule has 1 aromatic carbocycles. The highest BCUT2D eigenvalue weighted by Gasteiger charge is 2.46. The molecular weight excluding hydrogens is 342 g/mol. The van der Waals surface area contributed by atoms with Crippen molar-refractivity contribution < 1.29 is 18.3 Å². The highest BCUT2D eigenvalue weighted by molar-refractivity contribution is 5.82. The average Bonchev–Trinajstić information content (AvgIpc) is 3.14. The van der Waals surface area contributed by atoms with Gasteiger partial charge in [-0.1, -0.05) is 12.1 Å². The minimum absolute atomic E-state index is 0.256. The Kier molecular flexibility index (Phi) is 5.22. The summed E-state index contributed by atoms with van der Waals surface area (Å²) >= 11 is 0. The van der Waals surface area contributed by atoms with E-state index in [0.29, 0.717) is 5.75 Å². The molecule has 2 heterocycles. The quantitative estimate of drug-likeness (QED) is 0.796. The summed E-state index contributed by atoms with van der Waals surface area (Å²) in [6, 6.07) is 6.77. The molecule has 1 unspecified atom stereocenters. The third kappa shape index (κ3) is 4.37. The van der Waals surface area contributed by atoms with Gasteiger partial charge in [-0.25, -0.2) is 8.78 Å². The van der Waals surface area contributed by atoms with Gasteiger partial charge in [0.05, 0.1) is 25.3 Å². The van der Waals surface area contributed by atoms with Crippen molar-refractivity contribution in [3.63, 3.8) is 0 Å². The molecule has 1 aliphatic rings. The van der Waals surface area contributed by atoms with Crippen LogP contribution < -0.4 is 10.1 Å². The molecule has 1 fully saturated rings. The molecule has 1 amide bonds. The highest BCUT2D eigenvalue weighted by Crippen LogP contribution is 2.30. The number of hydrogen-bond acceptors (Lipinski definition) is 4. The summed E-state index contributed by atoms with van der Waals surface area (Å²) in [5.74, 6) is -2.53. The molecule has 1 saturated heterocycles. The average molecular weight is 364 g/mol. The lowest BCUT2D eigenvalue weighted by atomic mass is 10.1. The van der Waals surface area contributed by atoms with Crippen molar-refractivity contribution in [2.45, 2.75) is 18.4 Å². The number of alkyl halides is 2. The summed E-state index contributed by atoms with van der Waals surface area (Å²) in [6.45, 7) is 0.129. The smallest absolute Gasteiger partial charge is 0.262 e. The zero-order valence-corrected chi connectivity index (χ0v) is 14.8. The van der Waals surface area contributed by atoms with Crippen LogP contribution in [0.15, 0.2) is 36.7 Å².